The lowest BCUT2D eigenvalue weighted by Crippen LogP contribution is -2.47. The Kier molecular flexibility index (Phi) is 5.19. The maximum Gasteiger partial charge on any atom is 0.265 e. The van der Waals surface area contributed by atoms with E-state index in [-0.39, 0.29) is 5.91 Å². The molecule has 27 heavy (non-hydrogen) atoms. The molecule has 1 aliphatic heterocycles. The lowest BCUT2D eigenvalue weighted by Gasteiger charge is -2.27. The molecule has 0 bridgehead atoms. The molecule has 2 amide bonds. The van der Waals surface area contributed by atoms with E-state index in [0.717, 1.165) is 16.9 Å². The fraction of sp³-hybridized carbons (Fsp3) is 0.333. The molecular weight excluding hydrogens is 344 g/mol. The number of amides is 2. The molecular formula is C21H24N2O4. The summed E-state index contributed by atoms with van der Waals surface area (Å²) in [7, 11) is 0. The normalized spacial score (nSPS) is 20.4. The summed E-state index contributed by atoms with van der Waals surface area (Å²) in [5.74, 6) is 0.788. The highest BCUT2D eigenvalue weighted by atomic mass is 16.5. The second kappa shape index (κ2) is 7.40. The van der Waals surface area contributed by atoms with Crippen LogP contribution in [0.3, 0.4) is 0 Å². The predicted molar refractivity (Wildman–Crippen MR) is 101 cm³/mol. The van der Waals surface area contributed by atoms with Crippen LogP contribution in [-0.2, 0) is 15.0 Å². The molecule has 1 aliphatic rings. The molecule has 6 heteroatoms. The van der Waals surface area contributed by atoms with Crippen molar-refractivity contribution in [3.05, 3.63) is 59.7 Å². The largest absolute Gasteiger partial charge is 0.457 e. The molecule has 0 saturated carbocycles. The molecule has 0 spiro atoms. The summed E-state index contributed by atoms with van der Waals surface area (Å²) in [6, 6.07) is 14.6. The number of para-hydroxylation sites is 1. The van der Waals surface area contributed by atoms with E-state index in [1.165, 1.54) is 4.90 Å². The van der Waals surface area contributed by atoms with E-state index in [0.29, 0.717) is 18.7 Å². The number of carbonyl (C=O) groups excluding carboxylic acids is 2. The zero-order chi connectivity index (χ0) is 19.6. The minimum Gasteiger partial charge on any atom is -0.457 e. The summed E-state index contributed by atoms with van der Waals surface area (Å²) in [5, 5.41) is 8.82. The minimum atomic E-state index is -0.715. The Morgan fingerprint density at radius 1 is 1.22 bits per heavy atom. The van der Waals surface area contributed by atoms with Crippen LogP contribution in [-0.4, -0.2) is 34.5 Å². The first kappa shape index (κ1) is 18.9. The summed E-state index contributed by atoms with van der Waals surface area (Å²) >= 11 is 0. The van der Waals surface area contributed by atoms with Crippen LogP contribution >= 0.6 is 0 Å². The third-order valence-corrected chi connectivity index (χ3v) is 5.36. The number of ether oxygens (including phenoxy) is 1. The van der Waals surface area contributed by atoms with Gasteiger partial charge in [0.2, 0.25) is 5.91 Å². The fourth-order valence-electron chi connectivity index (χ4n) is 3.43. The standard InChI is InChI=1S/C21H24N2O4/c1-14-6-4-5-7-18(14)27-17-10-8-16(9-11-17)21(3)12-13-23(20(21)25)15(2)19(24)22-26/h4-11,15,26H,12-13H2,1-3H3,(H,22,24). The Balaban J connectivity index is 1.77. The lowest BCUT2D eigenvalue weighted by molar-refractivity contribution is -0.143. The van der Waals surface area contributed by atoms with E-state index >= 15 is 0 Å². The van der Waals surface area contributed by atoms with Gasteiger partial charge in [0.15, 0.2) is 0 Å². The first-order chi connectivity index (χ1) is 12.9. The van der Waals surface area contributed by atoms with Crippen LogP contribution in [0.5, 0.6) is 11.5 Å². The quantitative estimate of drug-likeness (QED) is 0.628. The van der Waals surface area contributed by atoms with Gasteiger partial charge in [0.25, 0.3) is 5.91 Å². The van der Waals surface area contributed by atoms with Crippen molar-refractivity contribution in [3.8, 4) is 11.5 Å². The summed E-state index contributed by atoms with van der Waals surface area (Å²) in [4.78, 5) is 26.1. The van der Waals surface area contributed by atoms with Gasteiger partial charge in [0.1, 0.15) is 17.5 Å². The highest BCUT2D eigenvalue weighted by Gasteiger charge is 2.46. The van der Waals surface area contributed by atoms with Gasteiger partial charge in [-0.2, -0.15) is 0 Å². The van der Waals surface area contributed by atoms with Crippen LogP contribution in [0, 0.1) is 6.92 Å². The molecule has 3 rings (SSSR count). The van der Waals surface area contributed by atoms with E-state index in [2.05, 4.69) is 0 Å². The Morgan fingerprint density at radius 3 is 2.52 bits per heavy atom. The molecule has 2 aromatic rings. The summed E-state index contributed by atoms with van der Waals surface area (Å²) < 4.78 is 5.92. The molecule has 1 saturated heterocycles. The number of hydrogen-bond donors (Lipinski definition) is 2. The number of nitrogens with one attached hydrogen (secondary N) is 1. The monoisotopic (exact) mass is 368 g/mol. The van der Waals surface area contributed by atoms with Gasteiger partial charge >= 0.3 is 0 Å². The van der Waals surface area contributed by atoms with Crippen LogP contribution in [0.25, 0.3) is 0 Å². The van der Waals surface area contributed by atoms with Crippen molar-refractivity contribution >= 4 is 11.8 Å². The first-order valence-corrected chi connectivity index (χ1v) is 8.96. The van der Waals surface area contributed by atoms with Gasteiger partial charge in [-0.3, -0.25) is 14.8 Å². The van der Waals surface area contributed by atoms with E-state index in [1.54, 1.807) is 12.4 Å². The van der Waals surface area contributed by atoms with Crippen molar-refractivity contribution in [3.63, 3.8) is 0 Å². The zero-order valence-corrected chi connectivity index (χ0v) is 15.7. The Bertz CT molecular complexity index is 850. The van der Waals surface area contributed by atoms with Gasteiger partial charge < -0.3 is 9.64 Å². The fourth-order valence-corrected chi connectivity index (χ4v) is 3.43. The first-order valence-electron chi connectivity index (χ1n) is 8.96. The molecule has 2 atom stereocenters. The van der Waals surface area contributed by atoms with Crippen molar-refractivity contribution < 1.29 is 19.5 Å². The Labute approximate surface area is 158 Å². The van der Waals surface area contributed by atoms with Gasteiger partial charge in [-0.25, -0.2) is 5.48 Å². The van der Waals surface area contributed by atoms with Crippen molar-refractivity contribution in [1.29, 1.82) is 0 Å². The maximum absolute atomic E-state index is 12.9. The third kappa shape index (κ3) is 3.53. The molecule has 1 heterocycles. The van der Waals surface area contributed by atoms with Gasteiger partial charge in [-0.1, -0.05) is 30.3 Å². The number of nitrogens with zero attached hydrogens (tertiary/aromatic N) is 1. The van der Waals surface area contributed by atoms with Gasteiger partial charge in [0, 0.05) is 6.54 Å². The molecule has 0 aliphatic carbocycles. The average molecular weight is 368 g/mol. The lowest BCUT2D eigenvalue weighted by atomic mass is 9.81. The number of carbonyl (C=O) groups is 2. The molecule has 6 nitrogen and oxygen atoms in total. The molecule has 2 N–H and O–H groups in total. The second-order valence-corrected chi connectivity index (χ2v) is 7.12. The maximum atomic E-state index is 12.9. The number of aryl methyl sites for hydroxylation is 1. The minimum absolute atomic E-state index is 0.119. The zero-order valence-electron chi connectivity index (χ0n) is 15.7. The summed E-state index contributed by atoms with van der Waals surface area (Å²) in [6.45, 7) is 5.94. The summed E-state index contributed by atoms with van der Waals surface area (Å²) in [6.07, 6.45) is 0.604. The SMILES string of the molecule is Cc1ccccc1Oc1ccc(C2(C)CCN(C(C)C(=O)NO)C2=O)cc1. The Hall–Kier alpha value is -2.86. The summed E-state index contributed by atoms with van der Waals surface area (Å²) in [5.41, 5.74) is 2.84. The van der Waals surface area contributed by atoms with Crippen LogP contribution in [0.4, 0.5) is 0 Å². The average Bonchev–Trinajstić information content (AvgIpc) is 2.99. The molecule has 1 fully saturated rings. The molecule has 0 aromatic heterocycles. The van der Waals surface area contributed by atoms with Crippen molar-refractivity contribution in [2.24, 2.45) is 0 Å². The molecule has 0 radical (unpaired) electrons. The van der Waals surface area contributed by atoms with Crippen LogP contribution in [0.1, 0.15) is 31.4 Å². The van der Waals surface area contributed by atoms with Crippen LogP contribution < -0.4 is 10.2 Å². The van der Waals surface area contributed by atoms with E-state index in [4.69, 9.17) is 9.94 Å². The predicted octanol–water partition coefficient (Wildman–Crippen LogP) is 3.17. The molecule has 142 valence electrons. The van der Waals surface area contributed by atoms with Gasteiger partial charge in [-0.05, 0) is 56.5 Å². The van der Waals surface area contributed by atoms with Crippen LogP contribution in [0.2, 0.25) is 0 Å². The van der Waals surface area contributed by atoms with Crippen molar-refractivity contribution in [2.75, 3.05) is 6.54 Å². The number of rotatable bonds is 5. The van der Waals surface area contributed by atoms with Gasteiger partial charge in [0.05, 0.1) is 5.41 Å². The van der Waals surface area contributed by atoms with Crippen molar-refractivity contribution in [2.45, 2.75) is 38.6 Å². The Morgan fingerprint density at radius 2 is 1.89 bits per heavy atom. The molecule has 2 aromatic carbocycles. The number of likely N-dealkylation sites (tertiary alicyclic amines) is 1. The molecule has 2 unspecified atom stereocenters. The number of hydrogen-bond acceptors (Lipinski definition) is 4. The topological polar surface area (TPSA) is 78.9 Å². The smallest absolute Gasteiger partial charge is 0.265 e. The number of benzene rings is 2. The third-order valence-electron chi connectivity index (χ3n) is 5.36. The highest BCUT2D eigenvalue weighted by Crippen LogP contribution is 2.37. The van der Waals surface area contributed by atoms with E-state index < -0.39 is 17.4 Å². The van der Waals surface area contributed by atoms with E-state index in [1.807, 2.05) is 62.4 Å². The van der Waals surface area contributed by atoms with Gasteiger partial charge in [-0.15, -0.1) is 0 Å². The number of hydroxylamine groups is 1. The highest BCUT2D eigenvalue weighted by molar-refractivity contribution is 5.94. The second-order valence-electron chi connectivity index (χ2n) is 7.12. The van der Waals surface area contributed by atoms with Crippen LogP contribution in [0.15, 0.2) is 48.5 Å². The van der Waals surface area contributed by atoms with Crippen molar-refractivity contribution in [1.82, 2.24) is 10.4 Å². The van der Waals surface area contributed by atoms with E-state index in [9.17, 15) is 9.59 Å².